The summed E-state index contributed by atoms with van der Waals surface area (Å²) in [6.45, 7) is 4.38. The van der Waals surface area contributed by atoms with Gasteiger partial charge in [-0.15, -0.1) is 0 Å². The first kappa shape index (κ1) is 12.7. The molecule has 1 fully saturated rings. The zero-order valence-electron chi connectivity index (χ0n) is 10.1. The third-order valence-electron chi connectivity index (χ3n) is 3.23. The Kier molecular flexibility index (Phi) is 3.61. The maximum atomic E-state index is 10.0. The number of β-amino-alcohol motifs (C(OH)–C–C–N with tert-alkyl or cyclic N) is 1. The molecule has 17 heavy (non-hydrogen) atoms. The van der Waals surface area contributed by atoms with E-state index in [-0.39, 0.29) is 0 Å². The molecular formula is C13H19ClN2O. The molecule has 1 aromatic rings. The molecule has 0 aliphatic carbocycles. The van der Waals surface area contributed by atoms with Crippen LogP contribution in [0.15, 0.2) is 18.2 Å². The zero-order valence-corrected chi connectivity index (χ0v) is 10.9. The number of hydrogen-bond donors (Lipinski definition) is 2. The van der Waals surface area contributed by atoms with Crippen molar-refractivity contribution in [3.63, 3.8) is 0 Å². The Labute approximate surface area is 107 Å². The largest absolute Gasteiger partial charge is 0.399 e. The van der Waals surface area contributed by atoms with Gasteiger partial charge in [0.2, 0.25) is 0 Å². The monoisotopic (exact) mass is 254 g/mol. The third-order valence-corrected chi connectivity index (χ3v) is 3.58. The van der Waals surface area contributed by atoms with Gasteiger partial charge in [0, 0.05) is 23.8 Å². The summed E-state index contributed by atoms with van der Waals surface area (Å²) in [6, 6.07) is 5.60. The molecule has 1 unspecified atom stereocenters. The van der Waals surface area contributed by atoms with Crippen LogP contribution in [0.5, 0.6) is 0 Å². The quantitative estimate of drug-likeness (QED) is 0.796. The number of nitrogens with zero attached hydrogens (tertiary/aromatic N) is 1. The fourth-order valence-corrected chi connectivity index (χ4v) is 2.64. The molecule has 0 amide bonds. The number of rotatable bonds is 2. The van der Waals surface area contributed by atoms with E-state index in [1.807, 2.05) is 19.1 Å². The second-order valence-electron chi connectivity index (χ2n) is 5.16. The van der Waals surface area contributed by atoms with Crippen LogP contribution in [0, 0.1) is 0 Å². The van der Waals surface area contributed by atoms with Gasteiger partial charge < -0.3 is 10.8 Å². The van der Waals surface area contributed by atoms with Crippen molar-refractivity contribution in [2.45, 2.75) is 31.9 Å². The van der Waals surface area contributed by atoms with E-state index < -0.39 is 5.60 Å². The SMILES string of the molecule is CC1(O)CCCN(Cc2ccc(N)cc2Cl)C1. The Hall–Kier alpha value is -0.770. The van der Waals surface area contributed by atoms with Gasteiger partial charge in [-0.1, -0.05) is 17.7 Å². The van der Waals surface area contributed by atoms with Crippen LogP contribution in [0.4, 0.5) is 5.69 Å². The molecule has 1 atom stereocenters. The number of hydrogen-bond acceptors (Lipinski definition) is 3. The van der Waals surface area contributed by atoms with E-state index in [2.05, 4.69) is 4.90 Å². The van der Waals surface area contributed by atoms with Gasteiger partial charge in [0.1, 0.15) is 0 Å². The molecule has 1 aliphatic rings. The molecule has 3 N–H and O–H groups in total. The van der Waals surface area contributed by atoms with Crippen molar-refractivity contribution in [3.8, 4) is 0 Å². The van der Waals surface area contributed by atoms with Crippen LogP contribution in [-0.2, 0) is 6.54 Å². The molecule has 1 heterocycles. The molecule has 2 rings (SSSR count). The van der Waals surface area contributed by atoms with Crippen molar-refractivity contribution in [2.24, 2.45) is 0 Å². The fraction of sp³-hybridized carbons (Fsp3) is 0.538. The van der Waals surface area contributed by atoms with E-state index in [9.17, 15) is 5.11 Å². The van der Waals surface area contributed by atoms with Crippen LogP contribution in [0.3, 0.4) is 0 Å². The first-order chi connectivity index (χ1) is 7.96. The van der Waals surface area contributed by atoms with E-state index in [0.29, 0.717) is 17.3 Å². The van der Waals surface area contributed by atoms with Crippen molar-refractivity contribution < 1.29 is 5.11 Å². The van der Waals surface area contributed by atoms with E-state index in [1.54, 1.807) is 6.07 Å². The van der Waals surface area contributed by atoms with Gasteiger partial charge in [-0.25, -0.2) is 0 Å². The number of likely N-dealkylation sites (tertiary alicyclic amines) is 1. The smallest absolute Gasteiger partial charge is 0.0746 e. The molecule has 1 saturated heterocycles. The highest BCUT2D eigenvalue weighted by Crippen LogP contribution is 2.25. The second-order valence-corrected chi connectivity index (χ2v) is 5.57. The lowest BCUT2D eigenvalue weighted by Gasteiger charge is -2.37. The highest BCUT2D eigenvalue weighted by molar-refractivity contribution is 6.31. The number of halogens is 1. The van der Waals surface area contributed by atoms with Crippen LogP contribution in [-0.4, -0.2) is 28.7 Å². The van der Waals surface area contributed by atoms with Gasteiger partial charge in [-0.05, 0) is 44.0 Å². The van der Waals surface area contributed by atoms with Gasteiger partial charge in [0.15, 0.2) is 0 Å². The molecule has 0 radical (unpaired) electrons. The summed E-state index contributed by atoms with van der Waals surface area (Å²) < 4.78 is 0. The zero-order chi connectivity index (χ0) is 12.5. The summed E-state index contributed by atoms with van der Waals surface area (Å²) in [6.07, 6.45) is 1.90. The van der Waals surface area contributed by atoms with Crippen LogP contribution < -0.4 is 5.73 Å². The van der Waals surface area contributed by atoms with Crippen molar-refractivity contribution >= 4 is 17.3 Å². The molecule has 1 aromatic carbocycles. The molecule has 0 saturated carbocycles. The first-order valence-corrected chi connectivity index (χ1v) is 6.33. The average molecular weight is 255 g/mol. The number of anilines is 1. The van der Waals surface area contributed by atoms with E-state index in [4.69, 9.17) is 17.3 Å². The number of aliphatic hydroxyl groups is 1. The normalized spacial score (nSPS) is 26.1. The highest BCUT2D eigenvalue weighted by Gasteiger charge is 2.28. The minimum atomic E-state index is -0.571. The van der Waals surface area contributed by atoms with Gasteiger partial charge >= 0.3 is 0 Å². The van der Waals surface area contributed by atoms with Gasteiger partial charge in [-0.3, -0.25) is 4.90 Å². The molecule has 94 valence electrons. The summed E-state index contributed by atoms with van der Waals surface area (Å²) in [7, 11) is 0. The number of nitrogen functional groups attached to an aromatic ring is 1. The summed E-state index contributed by atoms with van der Waals surface area (Å²) >= 11 is 6.15. The Morgan fingerprint density at radius 2 is 2.29 bits per heavy atom. The Balaban J connectivity index is 2.05. The molecule has 0 spiro atoms. The van der Waals surface area contributed by atoms with Crippen molar-refractivity contribution in [1.82, 2.24) is 4.90 Å². The molecule has 4 heteroatoms. The third kappa shape index (κ3) is 3.35. The lowest BCUT2D eigenvalue weighted by molar-refractivity contribution is -0.0181. The lowest BCUT2D eigenvalue weighted by atomic mass is 9.95. The molecule has 3 nitrogen and oxygen atoms in total. The molecule has 0 aromatic heterocycles. The Morgan fingerprint density at radius 1 is 1.53 bits per heavy atom. The average Bonchev–Trinajstić information content (AvgIpc) is 2.21. The number of nitrogens with two attached hydrogens (primary N) is 1. The van der Waals surface area contributed by atoms with Gasteiger partial charge in [-0.2, -0.15) is 0 Å². The maximum Gasteiger partial charge on any atom is 0.0746 e. The van der Waals surface area contributed by atoms with E-state index in [0.717, 1.165) is 31.5 Å². The Morgan fingerprint density at radius 3 is 2.94 bits per heavy atom. The topological polar surface area (TPSA) is 49.5 Å². The number of benzene rings is 1. The van der Waals surface area contributed by atoms with Gasteiger partial charge in [0.25, 0.3) is 0 Å². The second kappa shape index (κ2) is 4.84. The Bertz CT molecular complexity index is 406. The fourth-order valence-electron chi connectivity index (χ4n) is 2.39. The summed E-state index contributed by atoms with van der Waals surface area (Å²) in [5.41, 5.74) is 6.85. The van der Waals surface area contributed by atoms with E-state index in [1.165, 1.54) is 0 Å². The van der Waals surface area contributed by atoms with Crippen molar-refractivity contribution in [2.75, 3.05) is 18.8 Å². The summed E-state index contributed by atoms with van der Waals surface area (Å²) in [4.78, 5) is 2.24. The van der Waals surface area contributed by atoms with Crippen LogP contribution in [0.2, 0.25) is 5.02 Å². The lowest BCUT2D eigenvalue weighted by Crippen LogP contribution is -2.45. The van der Waals surface area contributed by atoms with Crippen molar-refractivity contribution in [3.05, 3.63) is 28.8 Å². The number of piperidine rings is 1. The molecule has 1 aliphatic heterocycles. The van der Waals surface area contributed by atoms with Gasteiger partial charge in [0.05, 0.1) is 5.60 Å². The standard InChI is InChI=1S/C13H19ClN2O/c1-13(17)5-2-6-16(9-13)8-10-3-4-11(15)7-12(10)14/h3-4,7,17H,2,5-6,8-9,15H2,1H3. The van der Waals surface area contributed by atoms with Crippen LogP contribution in [0.25, 0.3) is 0 Å². The maximum absolute atomic E-state index is 10.0. The van der Waals surface area contributed by atoms with Crippen LogP contribution in [0.1, 0.15) is 25.3 Å². The van der Waals surface area contributed by atoms with Crippen LogP contribution >= 0.6 is 11.6 Å². The molecule has 0 bridgehead atoms. The predicted molar refractivity (Wildman–Crippen MR) is 71.0 cm³/mol. The van der Waals surface area contributed by atoms with E-state index >= 15 is 0 Å². The highest BCUT2D eigenvalue weighted by atomic mass is 35.5. The molecular weight excluding hydrogens is 236 g/mol. The van der Waals surface area contributed by atoms with Crippen molar-refractivity contribution in [1.29, 1.82) is 0 Å². The summed E-state index contributed by atoms with van der Waals surface area (Å²) in [5, 5.41) is 10.7. The summed E-state index contributed by atoms with van der Waals surface area (Å²) in [5.74, 6) is 0. The first-order valence-electron chi connectivity index (χ1n) is 5.95. The minimum Gasteiger partial charge on any atom is -0.399 e. The predicted octanol–water partition coefficient (Wildman–Crippen LogP) is 2.27. The minimum absolute atomic E-state index is 0.571.